The van der Waals surface area contributed by atoms with Crippen LogP contribution in [-0.2, 0) is 44.7 Å². The van der Waals surface area contributed by atoms with Crippen molar-refractivity contribution in [3.8, 4) is 0 Å². The molecular weight excluding hydrogens is 675 g/mol. The number of rotatable bonds is 11. The Hall–Kier alpha value is -3.02. The number of benzene rings is 2. The second-order valence-corrected chi connectivity index (χ2v) is 19.7. The molecular formula is C30H38N3O9S4+. The second kappa shape index (κ2) is 12.5. The zero-order chi connectivity index (χ0) is 34.5. The van der Waals surface area contributed by atoms with Crippen LogP contribution in [0.15, 0.2) is 65.2 Å². The first-order chi connectivity index (χ1) is 21.0. The molecule has 2 aliphatic rings. The lowest BCUT2D eigenvalue weighted by atomic mass is 9.81. The van der Waals surface area contributed by atoms with Gasteiger partial charge in [0.05, 0.1) is 21.8 Å². The fourth-order valence-electron chi connectivity index (χ4n) is 5.96. The molecule has 0 saturated heterocycles. The number of carbonyl (C=O) groups excluding carboxylic acids is 1. The van der Waals surface area contributed by atoms with Gasteiger partial charge < -0.3 is 10.2 Å². The first kappa shape index (κ1) is 35.8. The van der Waals surface area contributed by atoms with Crippen molar-refractivity contribution in [1.29, 1.82) is 0 Å². The second-order valence-electron chi connectivity index (χ2n) is 12.3. The summed E-state index contributed by atoms with van der Waals surface area (Å²) in [6.45, 7) is 8.12. The van der Waals surface area contributed by atoms with Gasteiger partial charge in [0.25, 0.3) is 20.2 Å². The number of allylic oxidation sites excluding steroid dienone is 4. The summed E-state index contributed by atoms with van der Waals surface area (Å²) in [4.78, 5) is 14.0. The molecule has 2 heterocycles. The molecule has 0 saturated carbocycles. The van der Waals surface area contributed by atoms with Crippen molar-refractivity contribution in [2.45, 2.75) is 49.8 Å². The number of hydrogen-bond donors (Lipinski definition) is 3. The van der Waals surface area contributed by atoms with Crippen molar-refractivity contribution in [2.24, 2.45) is 0 Å². The summed E-state index contributed by atoms with van der Waals surface area (Å²) in [5, 5.41) is 2.76. The van der Waals surface area contributed by atoms with Gasteiger partial charge in [-0.15, -0.1) is 0 Å². The third-order valence-electron chi connectivity index (χ3n) is 8.17. The van der Waals surface area contributed by atoms with Crippen molar-refractivity contribution in [3.63, 3.8) is 0 Å². The number of nitrogens with one attached hydrogen (secondary N) is 1. The smallest absolute Gasteiger partial charge is 0.294 e. The Morgan fingerprint density at radius 1 is 0.978 bits per heavy atom. The van der Waals surface area contributed by atoms with Crippen molar-refractivity contribution >= 4 is 68.6 Å². The van der Waals surface area contributed by atoms with Crippen LogP contribution in [0.5, 0.6) is 0 Å². The summed E-state index contributed by atoms with van der Waals surface area (Å²) >= 11 is 0. The maximum absolute atomic E-state index is 12.3. The van der Waals surface area contributed by atoms with Crippen LogP contribution in [0.2, 0.25) is 0 Å². The lowest BCUT2D eigenvalue weighted by Gasteiger charge is -2.27. The number of carbonyl (C=O) groups is 1. The molecule has 0 spiro atoms. The molecule has 1 amide bonds. The predicted molar refractivity (Wildman–Crippen MR) is 181 cm³/mol. The van der Waals surface area contributed by atoms with E-state index < -0.39 is 51.6 Å². The average Bonchev–Trinajstić information content (AvgIpc) is 3.24. The minimum atomic E-state index is -4.46. The van der Waals surface area contributed by atoms with Crippen molar-refractivity contribution in [1.82, 2.24) is 0 Å². The molecule has 0 radical (unpaired) electrons. The van der Waals surface area contributed by atoms with Gasteiger partial charge in [0.2, 0.25) is 11.6 Å². The van der Waals surface area contributed by atoms with Gasteiger partial charge >= 0.3 is 0 Å². The van der Waals surface area contributed by atoms with E-state index in [1.807, 2.05) is 74.6 Å². The van der Waals surface area contributed by atoms with Gasteiger partial charge in [0.1, 0.15) is 7.05 Å². The highest BCUT2D eigenvalue weighted by atomic mass is 33.1. The van der Waals surface area contributed by atoms with Gasteiger partial charge in [-0.2, -0.15) is 21.4 Å². The van der Waals surface area contributed by atoms with Gasteiger partial charge in [0.15, 0.2) is 14.6 Å². The molecule has 2 aliphatic heterocycles. The SMILES string of the molecule is C[N+]1=C(C=CC=C2N(CCCS(=O)(=O)O)c3ccc(S(=O)(=O)O)cc3C2(C)C)C(C)(C)c2cc(NC(=O)CSS(C)(=O)=O)ccc21. The monoisotopic (exact) mass is 712 g/mol. The van der Waals surface area contributed by atoms with Crippen molar-refractivity contribution < 1.29 is 43.7 Å². The highest BCUT2D eigenvalue weighted by Crippen LogP contribution is 2.48. The van der Waals surface area contributed by atoms with Crippen LogP contribution in [0.1, 0.15) is 45.2 Å². The molecule has 2 aromatic carbocycles. The van der Waals surface area contributed by atoms with Gasteiger partial charge in [-0.05, 0) is 73.0 Å². The lowest BCUT2D eigenvalue weighted by molar-refractivity contribution is -0.401. The molecule has 0 bridgehead atoms. The first-order valence-electron chi connectivity index (χ1n) is 14.2. The van der Waals surface area contributed by atoms with Crippen LogP contribution in [0.3, 0.4) is 0 Å². The Bertz CT molecular complexity index is 2010. The fourth-order valence-corrected chi connectivity index (χ4v) is 8.32. The maximum Gasteiger partial charge on any atom is 0.294 e. The Balaban J connectivity index is 1.65. The molecule has 3 N–H and O–H groups in total. The molecule has 46 heavy (non-hydrogen) atoms. The predicted octanol–water partition coefficient (Wildman–Crippen LogP) is 4.09. The molecule has 4 rings (SSSR count). The van der Waals surface area contributed by atoms with E-state index in [9.17, 15) is 39.2 Å². The molecule has 250 valence electrons. The molecule has 0 aliphatic carbocycles. The molecule has 0 atom stereocenters. The van der Waals surface area contributed by atoms with Gasteiger partial charge in [-0.3, -0.25) is 13.9 Å². The molecule has 12 nitrogen and oxygen atoms in total. The van der Waals surface area contributed by atoms with E-state index in [4.69, 9.17) is 0 Å². The normalized spacial score (nSPS) is 18.3. The summed E-state index contributed by atoms with van der Waals surface area (Å²) < 4.78 is 90.5. The van der Waals surface area contributed by atoms with E-state index in [0.29, 0.717) is 27.7 Å². The summed E-state index contributed by atoms with van der Waals surface area (Å²) in [6, 6.07) is 9.80. The summed E-state index contributed by atoms with van der Waals surface area (Å²) in [7, 11) is -9.51. The van der Waals surface area contributed by atoms with Crippen LogP contribution in [-0.4, -0.2) is 81.9 Å². The topological polar surface area (TPSA) is 178 Å². The number of anilines is 2. The third kappa shape index (κ3) is 7.74. The highest BCUT2D eigenvalue weighted by Gasteiger charge is 2.44. The van der Waals surface area contributed by atoms with Crippen LogP contribution < -0.4 is 10.2 Å². The van der Waals surface area contributed by atoms with Gasteiger partial charge in [-0.1, -0.05) is 19.9 Å². The Kier molecular flexibility index (Phi) is 9.77. The minimum absolute atomic E-state index is 0.115. The van der Waals surface area contributed by atoms with E-state index in [0.717, 1.165) is 28.9 Å². The zero-order valence-corrected chi connectivity index (χ0v) is 29.6. The lowest BCUT2D eigenvalue weighted by Crippen LogP contribution is -2.28. The first-order valence-corrected chi connectivity index (χ1v) is 20.6. The van der Waals surface area contributed by atoms with E-state index in [-0.39, 0.29) is 23.6 Å². The summed E-state index contributed by atoms with van der Waals surface area (Å²) in [5.41, 5.74) is 4.20. The largest absolute Gasteiger partial charge is 0.344 e. The molecule has 2 aromatic rings. The van der Waals surface area contributed by atoms with Crippen molar-refractivity contribution in [2.75, 3.05) is 41.6 Å². The number of hydrogen-bond acceptors (Lipinski definition) is 9. The van der Waals surface area contributed by atoms with Crippen LogP contribution in [0.4, 0.5) is 17.1 Å². The highest BCUT2D eigenvalue weighted by molar-refractivity contribution is 8.72. The third-order valence-corrected chi connectivity index (χ3v) is 12.3. The minimum Gasteiger partial charge on any atom is -0.344 e. The molecule has 0 unspecified atom stereocenters. The Labute approximate surface area is 274 Å². The van der Waals surface area contributed by atoms with Crippen molar-refractivity contribution in [3.05, 3.63) is 71.5 Å². The molecule has 0 aromatic heterocycles. The van der Waals surface area contributed by atoms with Crippen LogP contribution in [0.25, 0.3) is 0 Å². The quantitative estimate of drug-likeness (QED) is 0.174. The maximum atomic E-state index is 12.3. The van der Waals surface area contributed by atoms with E-state index in [1.165, 1.54) is 12.1 Å². The zero-order valence-electron chi connectivity index (χ0n) is 26.3. The number of nitrogens with zero attached hydrogens (tertiary/aromatic N) is 2. The molecule has 0 fully saturated rings. The molecule has 16 heteroatoms. The number of fused-ring (bicyclic) bond motifs is 2. The van der Waals surface area contributed by atoms with E-state index in [1.54, 1.807) is 12.1 Å². The summed E-state index contributed by atoms with van der Waals surface area (Å²) in [5.74, 6) is -1.10. The van der Waals surface area contributed by atoms with Crippen LogP contribution >= 0.6 is 10.8 Å². The standard InChI is InChI=1S/C30H37N3O9S4/c1-29(2)22-17-20(31-28(34)19-43-44(6,35)36)11-13-24(22)32(5)26(29)9-7-10-27-30(3,4)23-18-21(46(40,41)42)12-14-25(23)33(27)15-8-16-45(37,38)39/h7,9-14,17-18H,8,15-16,19H2,1-6H3,(H2-,31,34,37,38,39,40,41,42)/p+1. The van der Waals surface area contributed by atoms with E-state index in [2.05, 4.69) is 5.32 Å². The average molecular weight is 713 g/mol. The van der Waals surface area contributed by atoms with Gasteiger partial charge in [0, 0.05) is 53.0 Å². The Morgan fingerprint density at radius 2 is 1.65 bits per heavy atom. The Morgan fingerprint density at radius 3 is 2.26 bits per heavy atom. The fraction of sp³-hybridized carbons (Fsp3) is 0.400. The van der Waals surface area contributed by atoms with Crippen LogP contribution in [0, 0.1) is 0 Å². The van der Waals surface area contributed by atoms with E-state index >= 15 is 0 Å². The number of amides is 1. The summed E-state index contributed by atoms with van der Waals surface area (Å²) in [6.07, 6.45) is 6.86. The van der Waals surface area contributed by atoms with Gasteiger partial charge in [-0.25, -0.2) is 8.42 Å².